The van der Waals surface area contributed by atoms with Gasteiger partial charge in [-0.25, -0.2) is 18.4 Å². The number of halogens is 2. The highest BCUT2D eigenvalue weighted by Crippen LogP contribution is 2.47. The van der Waals surface area contributed by atoms with Gasteiger partial charge in [0.05, 0.1) is 23.1 Å². The normalized spacial score (nSPS) is 11.6. The summed E-state index contributed by atoms with van der Waals surface area (Å²) in [6, 6.07) is 13.0. The molecular weight excluding hydrogens is 506 g/mol. The Morgan fingerprint density at radius 1 is 1.03 bits per heavy atom. The van der Waals surface area contributed by atoms with E-state index in [1.165, 1.54) is 29.2 Å². The number of phenolic OH excluding ortho intramolecular Hbond substituents is 1. The number of carboxylic acid groups (broad SMARTS) is 1. The summed E-state index contributed by atoms with van der Waals surface area (Å²) < 4.78 is 36.2. The molecule has 1 aromatic heterocycles. The number of carbonyl (C=O) groups is 2. The van der Waals surface area contributed by atoms with E-state index in [0.717, 1.165) is 6.07 Å². The lowest BCUT2D eigenvalue weighted by atomic mass is 9.81. The molecule has 3 aromatic carbocycles. The number of rotatable bonds is 7. The molecule has 2 N–H and O–H groups in total. The first-order valence-electron chi connectivity index (χ1n) is 12.3. The number of phenols is 1. The van der Waals surface area contributed by atoms with Gasteiger partial charge in [0, 0.05) is 42.5 Å². The Morgan fingerprint density at radius 2 is 1.69 bits per heavy atom. The van der Waals surface area contributed by atoms with Crippen molar-refractivity contribution in [2.24, 2.45) is 0 Å². The summed E-state index contributed by atoms with van der Waals surface area (Å²) in [6.07, 6.45) is -0.142. The number of aromatic carboxylic acids is 1. The van der Waals surface area contributed by atoms with Crippen molar-refractivity contribution in [3.05, 3.63) is 83.1 Å². The minimum absolute atomic E-state index is 0.0751. The maximum atomic E-state index is 14.7. The minimum Gasteiger partial charge on any atom is -0.507 e. The highest BCUT2D eigenvalue weighted by atomic mass is 19.1. The van der Waals surface area contributed by atoms with E-state index in [1.807, 2.05) is 13.8 Å². The second kappa shape index (κ2) is 10.4. The number of aromatic nitrogens is 1. The maximum Gasteiger partial charge on any atom is 0.409 e. The zero-order valence-corrected chi connectivity index (χ0v) is 22.4. The third-order valence-corrected chi connectivity index (χ3v) is 6.79. The van der Waals surface area contributed by atoms with Crippen molar-refractivity contribution in [2.45, 2.75) is 32.6 Å². The van der Waals surface area contributed by atoms with E-state index in [4.69, 9.17) is 4.74 Å². The lowest BCUT2D eigenvalue weighted by Crippen LogP contribution is -2.28. The quantitative estimate of drug-likeness (QED) is 0.276. The molecule has 4 rings (SSSR count). The summed E-state index contributed by atoms with van der Waals surface area (Å²) >= 11 is 0. The van der Waals surface area contributed by atoms with Gasteiger partial charge in [0.2, 0.25) is 0 Å². The van der Waals surface area contributed by atoms with Gasteiger partial charge in [-0.3, -0.25) is 0 Å². The van der Waals surface area contributed by atoms with Crippen LogP contribution in [0.3, 0.4) is 0 Å². The Balaban J connectivity index is 2.05. The Hall–Kier alpha value is -4.40. The van der Waals surface area contributed by atoms with E-state index >= 15 is 0 Å². The number of carbonyl (C=O) groups excluding carboxylic acids is 1. The third-order valence-electron chi connectivity index (χ3n) is 6.79. The summed E-state index contributed by atoms with van der Waals surface area (Å²) in [5.74, 6) is -2.44. The fraction of sp³-hybridized carbons (Fsp3) is 0.267. The molecule has 0 spiro atoms. The van der Waals surface area contributed by atoms with Crippen LogP contribution >= 0.6 is 0 Å². The van der Waals surface area contributed by atoms with Gasteiger partial charge in [0.25, 0.3) is 0 Å². The van der Waals surface area contributed by atoms with Crippen LogP contribution in [-0.2, 0) is 10.2 Å². The molecule has 0 radical (unpaired) electrons. The van der Waals surface area contributed by atoms with Crippen LogP contribution in [0.25, 0.3) is 27.7 Å². The van der Waals surface area contributed by atoms with Gasteiger partial charge in [0.15, 0.2) is 0 Å². The lowest BCUT2D eigenvalue weighted by Gasteiger charge is -2.29. The molecule has 0 saturated heterocycles. The number of fused-ring (bicyclic) bond motifs is 1. The molecule has 0 saturated carbocycles. The lowest BCUT2D eigenvalue weighted by molar-refractivity contribution is 0.0696. The molecule has 0 unspecified atom stereocenters. The van der Waals surface area contributed by atoms with Gasteiger partial charge in [-0.15, -0.1) is 0 Å². The fourth-order valence-electron chi connectivity index (χ4n) is 4.74. The average molecular weight is 537 g/mol. The second-order valence-corrected chi connectivity index (χ2v) is 10.3. The first-order chi connectivity index (χ1) is 18.3. The molecule has 9 heteroatoms. The maximum absolute atomic E-state index is 14.7. The molecule has 39 heavy (non-hydrogen) atoms. The van der Waals surface area contributed by atoms with Crippen LogP contribution < -0.4 is 0 Å². The van der Waals surface area contributed by atoms with E-state index in [2.05, 4.69) is 0 Å². The summed E-state index contributed by atoms with van der Waals surface area (Å²) in [6.45, 7) is 5.56. The van der Waals surface area contributed by atoms with Crippen LogP contribution in [0.2, 0.25) is 0 Å². The van der Waals surface area contributed by atoms with Crippen LogP contribution in [0.15, 0.2) is 54.6 Å². The number of amides is 1. The Morgan fingerprint density at radius 3 is 2.28 bits per heavy atom. The predicted molar refractivity (Wildman–Crippen MR) is 145 cm³/mol. The number of carboxylic acids is 1. The van der Waals surface area contributed by atoms with Gasteiger partial charge in [0.1, 0.15) is 17.4 Å². The third kappa shape index (κ3) is 5.30. The number of hydrogen-bond donors (Lipinski definition) is 2. The van der Waals surface area contributed by atoms with E-state index < -0.39 is 29.1 Å². The summed E-state index contributed by atoms with van der Waals surface area (Å²) in [5, 5.41) is 20.8. The second-order valence-electron chi connectivity index (χ2n) is 10.3. The molecule has 0 bridgehead atoms. The van der Waals surface area contributed by atoms with Crippen LogP contribution in [0, 0.1) is 18.6 Å². The van der Waals surface area contributed by atoms with Crippen molar-refractivity contribution in [3.63, 3.8) is 0 Å². The summed E-state index contributed by atoms with van der Waals surface area (Å²) in [5.41, 5.74) is 2.43. The standard InChI is InChI=1S/C30H30F2N2O5/c1-17-14-21(10-11-22(17)32)34-23-15-20(31)16-24(35)26(23)25(18-6-8-19(9-7-18)28(36)37)27(34)30(2,3)12-13-39-29(38)33(4)5/h6-11,14-16,35H,12-13H2,1-5H3,(H,36,37). The van der Waals surface area contributed by atoms with Crippen LogP contribution in [-0.4, -0.2) is 52.4 Å². The molecule has 0 fully saturated rings. The van der Waals surface area contributed by atoms with Gasteiger partial charge in [-0.1, -0.05) is 26.0 Å². The van der Waals surface area contributed by atoms with E-state index in [0.29, 0.717) is 45.4 Å². The zero-order chi connectivity index (χ0) is 28.6. The largest absolute Gasteiger partial charge is 0.507 e. The SMILES string of the molecule is Cc1cc(-n2c(C(C)(C)CCOC(=O)N(C)C)c(-c3ccc(C(=O)O)cc3)c3c(O)cc(F)cc32)ccc1F. The van der Waals surface area contributed by atoms with Crippen molar-refractivity contribution in [1.29, 1.82) is 0 Å². The van der Waals surface area contributed by atoms with Crippen molar-refractivity contribution in [3.8, 4) is 22.6 Å². The molecular formula is C30H30F2N2O5. The monoisotopic (exact) mass is 536 g/mol. The number of aryl methyl sites for hydroxylation is 1. The zero-order valence-electron chi connectivity index (χ0n) is 22.4. The van der Waals surface area contributed by atoms with Gasteiger partial charge < -0.3 is 24.4 Å². The molecule has 0 aliphatic heterocycles. The predicted octanol–water partition coefficient (Wildman–Crippen LogP) is 6.65. The molecule has 204 valence electrons. The first kappa shape index (κ1) is 27.6. The molecule has 0 aliphatic carbocycles. The molecule has 0 atom stereocenters. The van der Waals surface area contributed by atoms with Gasteiger partial charge >= 0.3 is 12.1 Å². The van der Waals surface area contributed by atoms with Crippen molar-refractivity contribution >= 4 is 23.0 Å². The van der Waals surface area contributed by atoms with E-state index in [9.17, 15) is 28.6 Å². The summed E-state index contributed by atoms with van der Waals surface area (Å²) in [4.78, 5) is 24.9. The molecule has 7 nitrogen and oxygen atoms in total. The fourth-order valence-corrected chi connectivity index (χ4v) is 4.74. The number of nitrogens with zero attached hydrogens (tertiary/aromatic N) is 2. The Labute approximate surface area is 224 Å². The van der Waals surface area contributed by atoms with E-state index in [1.54, 1.807) is 49.9 Å². The minimum atomic E-state index is -1.08. The molecule has 1 amide bonds. The number of ether oxygens (including phenoxy) is 1. The Kier molecular flexibility index (Phi) is 7.37. The number of benzene rings is 3. The van der Waals surface area contributed by atoms with Crippen LogP contribution in [0.1, 0.15) is 41.9 Å². The van der Waals surface area contributed by atoms with Crippen molar-refractivity contribution in [2.75, 3.05) is 20.7 Å². The van der Waals surface area contributed by atoms with Crippen molar-refractivity contribution < 1.29 is 33.3 Å². The highest BCUT2D eigenvalue weighted by molar-refractivity contribution is 6.04. The molecule has 4 aromatic rings. The van der Waals surface area contributed by atoms with E-state index in [-0.39, 0.29) is 17.9 Å². The van der Waals surface area contributed by atoms with Gasteiger partial charge in [-0.2, -0.15) is 0 Å². The smallest absolute Gasteiger partial charge is 0.409 e. The van der Waals surface area contributed by atoms with Crippen LogP contribution in [0.4, 0.5) is 13.6 Å². The summed E-state index contributed by atoms with van der Waals surface area (Å²) in [7, 11) is 3.16. The average Bonchev–Trinajstić information content (AvgIpc) is 3.21. The first-order valence-corrected chi connectivity index (χ1v) is 12.3. The van der Waals surface area contributed by atoms with Gasteiger partial charge in [-0.05, 0) is 60.9 Å². The highest BCUT2D eigenvalue weighted by Gasteiger charge is 2.33. The Bertz CT molecular complexity index is 1570. The van der Waals surface area contributed by atoms with Crippen LogP contribution in [0.5, 0.6) is 5.75 Å². The number of aromatic hydroxyl groups is 1. The topological polar surface area (TPSA) is 92.0 Å². The molecule has 0 aliphatic rings. The molecule has 1 heterocycles. The number of hydrogen-bond acceptors (Lipinski definition) is 4. The van der Waals surface area contributed by atoms with Crippen molar-refractivity contribution in [1.82, 2.24) is 9.47 Å².